The van der Waals surface area contributed by atoms with Crippen molar-refractivity contribution in [3.8, 4) is 0 Å². The molecule has 0 bridgehead atoms. The average Bonchev–Trinajstić information content (AvgIpc) is 2.36. The number of carboxylic acid groups (broad SMARTS) is 1. The van der Waals surface area contributed by atoms with E-state index in [1.165, 1.54) is 0 Å². The van der Waals surface area contributed by atoms with Gasteiger partial charge in [0.05, 0.1) is 17.1 Å². The first-order valence-electron chi connectivity index (χ1n) is 6.45. The summed E-state index contributed by atoms with van der Waals surface area (Å²) in [6.07, 6.45) is 1.37. The zero-order valence-electron chi connectivity index (χ0n) is 11.3. The van der Waals surface area contributed by atoms with Crippen molar-refractivity contribution in [2.45, 2.75) is 43.9 Å². The number of hydrogen-bond donors (Lipinski definition) is 1. The van der Waals surface area contributed by atoms with Gasteiger partial charge < -0.3 is 5.11 Å². The van der Waals surface area contributed by atoms with Crippen molar-refractivity contribution in [3.63, 3.8) is 0 Å². The van der Waals surface area contributed by atoms with Gasteiger partial charge in [0.1, 0.15) is 0 Å². The second kappa shape index (κ2) is 6.70. The summed E-state index contributed by atoms with van der Waals surface area (Å²) in [5, 5.41) is 8.83. The summed E-state index contributed by atoms with van der Waals surface area (Å²) < 4.78 is 23.7. The van der Waals surface area contributed by atoms with Gasteiger partial charge >= 0.3 is 5.97 Å². The zero-order chi connectivity index (χ0) is 14.5. The fraction of sp³-hybridized carbons (Fsp3) is 0.500. The van der Waals surface area contributed by atoms with Gasteiger partial charge in [-0.1, -0.05) is 26.0 Å². The van der Waals surface area contributed by atoms with E-state index in [1.807, 2.05) is 13.8 Å². The lowest BCUT2D eigenvalue weighted by Crippen LogP contribution is -2.08. The highest BCUT2D eigenvalue weighted by Gasteiger charge is 2.16. The van der Waals surface area contributed by atoms with E-state index >= 15 is 0 Å². The van der Waals surface area contributed by atoms with Crippen LogP contribution in [0, 0.1) is 0 Å². The largest absolute Gasteiger partial charge is 0.481 e. The van der Waals surface area contributed by atoms with Gasteiger partial charge in [-0.05, 0) is 36.5 Å². The molecule has 1 N–H and O–H groups in total. The van der Waals surface area contributed by atoms with Crippen LogP contribution in [-0.2, 0) is 14.6 Å². The third-order valence-corrected chi connectivity index (χ3v) is 5.03. The Bertz CT molecular complexity index is 517. The van der Waals surface area contributed by atoms with Crippen molar-refractivity contribution in [1.29, 1.82) is 0 Å². The molecule has 0 heterocycles. The topological polar surface area (TPSA) is 71.4 Å². The summed E-state index contributed by atoms with van der Waals surface area (Å²) in [7, 11) is -3.20. The number of carbonyl (C=O) groups is 1. The van der Waals surface area contributed by atoms with Gasteiger partial charge in [-0.15, -0.1) is 0 Å². The summed E-state index contributed by atoms with van der Waals surface area (Å²) >= 11 is 0. The highest BCUT2D eigenvalue weighted by molar-refractivity contribution is 7.91. The van der Waals surface area contributed by atoms with Gasteiger partial charge in [-0.2, -0.15) is 0 Å². The maximum atomic E-state index is 11.9. The van der Waals surface area contributed by atoms with Crippen molar-refractivity contribution in [1.82, 2.24) is 0 Å². The van der Waals surface area contributed by atoms with E-state index in [1.54, 1.807) is 24.3 Å². The highest BCUT2D eigenvalue weighted by Crippen LogP contribution is 2.24. The van der Waals surface area contributed by atoms with E-state index in [9.17, 15) is 13.2 Å². The minimum absolute atomic E-state index is 0.0670. The summed E-state index contributed by atoms with van der Waals surface area (Å²) in [6.45, 7) is 3.75. The number of rotatable bonds is 7. The van der Waals surface area contributed by atoms with Crippen LogP contribution in [0.4, 0.5) is 0 Å². The molecular weight excluding hydrogens is 264 g/mol. The van der Waals surface area contributed by atoms with Gasteiger partial charge in [-0.25, -0.2) is 8.42 Å². The summed E-state index contributed by atoms with van der Waals surface area (Å²) in [5.74, 6) is -0.770. The molecule has 1 aromatic rings. The quantitative estimate of drug-likeness (QED) is 0.835. The summed E-state index contributed by atoms with van der Waals surface area (Å²) in [6, 6.07) is 6.59. The minimum Gasteiger partial charge on any atom is -0.481 e. The molecule has 0 aromatic heterocycles. The van der Waals surface area contributed by atoms with Gasteiger partial charge in [0.15, 0.2) is 9.84 Å². The number of benzene rings is 1. The van der Waals surface area contributed by atoms with Crippen LogP contribution in [0.15, 0.2) is 29.2 Å². The van der Waals surface area contributed by atoms with Gasteiger partial charge in [0.2, 0.25) is 0 Å². The third kappa shape index (κ3) is 4.35. The maximum absolute atomic E-state index is 11.9. The Morgan fingerprint density at radius 2 is 1.79 bits per heavy atom. The molecular formula is C14H20O4S. The molecule has 1 aromatic carbocycles. The van der Waals surface area contributed by atoms with Crippen LogP contribution in [0.1, 0.15) is 44.6 Å². The molecule has 1 atom stereocenters. The van der Waals surface area contributed by atoms with Crippen LogP contribution in [0.2, 0.25) is 0 Å². The molecule has 0 amide bonds. The fourth-order valence-corrected chi connectivity index (χ4v) is 3.37. The van der Waals surface area contributed by atoms with E-state index < -0.39 is 15.8 Å². The van der Waals surface area contributed by atoms with Gasteiger partial charge in [0.25, 0.3) is 0 Å². The molecule has 0 aliphatic heterocycles. The smallest absolute Gasteiger partial charge is 0.303 e. The third-order valence-electron chi connectivity index (χ3n) is 3.10. The van der Waals surface area contributed by atoms with Crippen LogP contribution in [0.5, 0.6) is 0 Å². The van der Waals surface area contributed by atoms with Crippen molar-refractivity contribution >= 4 is 15.8 Å². The van der Waals surface area contributed by atoms with E-state index in [2.05, 4.69) is 0 Å². The molecule has 1 unspecified atom stereocenters. The Morgan fingerprint density at radius 1 is 1.21 bits per heavy atom. The van der Waals surface area contributed by atoms with E-state index in [4.69, 9.17) is 5.11 Å². The molecule has 0 saturated heterocycles. The summed E-state index contributed by atoms with van der Waals surface area (Å²) in [5.41, 5.74) is 0.875. The van der Waals surface area contributed by atoms with Crippen molar-refractivity contribution < 1.29 is 18.3 Å². The van der Waals surface area contributed by atoms with Crippen molar-refractivity contribution in [2.75, 3.05) is 5.75 Å². The van der Waals surface area contributed by atoms with Crippen molar-refractivity contribution in [2.24, 2.45) is 0 Å². The second-order valence-corrected chi connectivity index (χ2v) is 6.70. The van der Waals surface area contributed by atoms with E-state index in [0.29, 0.717) is 17.7 Å². The molecule has 0 saturated carbocycles. The Morgan fingerprint density at radius 3 is 2.21 bits per heavy atom. The van der Waals surface area contributed by atoms with Crippen LogP contribution in [-0.4, -0.2) is 25.2 Å². The molecule has 0 radical (unpaired) electrons. The lowest BCUT2D eigenvalue weighted by Gasteiger charge is -2.13. The minimum atomic E-state index is -3.20. The maximum Gasteiger partial charge on any atom is 0.303 e. The van der Waals surface area contributed by atoms with Crippen LogP contribution < -0.4 is 0 Å². The zero-order valence-corrected chi connectivity index (χ0v) is 12.1. The van der Waals surface area contributed by atoms with E-state index in [-0.39, 0.29) is 18.1 Å². The van der Waals surface area contributed by atoms with Crippen LogP contribution in [0.25, 0.3) is 0 Å². The fourth-order valence-electron chi connectivity index (χ4n) is 2.04. The van der Waals surface area contributed by atoms with Crippen LogP contribution >= 0.6 is 0 Å². The molecule has 5 heteroatoms. The molecule has 0 aliphatic carbocycles. The molecule has 0 fully saturated rings. The number of carboxylic acids is 1. The van der Waals surface area contributed by atoms with E-state index in [0.717, 1.165) is 5.56 Å². The van der Waals surface area contributed by atoms with Gasteiger partial charge in [0, 0.05) is 0 Å². The number of hydrogen-bond acceptors (Lipinski definition) is 3. The summed E-state index contributed by atoms with van der Waals surface area (Å²) in [4.78, 5) is 11.1. The lowest BCUT2D eigenvalue weighted by atomic mass is 9.93. The monoisotopic (exact) mass is 284 g/mol. The van der Waals surface area contributed by atoms with Crippen LogP contribution in [0.3, 0.4) is 0 Å². The normalized spacial score (nSPS) is 13.2. The van der Waals surface area contributed by atoms with Gasteiger partial charge in [-0.3, -0.25) is 4.79 Å². The average molecular weight is 284 g/mol. The Labute approximate surface area is 114 Å². The Kier molecular flexibility index (Phi) is 5.54. The first-order chi connectivity index (χ1) is 8.90. The number of aliphatic carboxylic acids is 1. The predicted octanol–water partition coefficient (Wildman–Crippen LogP) is 2.84. The molecule has 106 valence electrons. The highest BCUT2D eigenvalue weighted by atomic mass is 32.2. The first kappa shape index (κ1) is 15.7. The molecule has 0 aliphatic rings. The molecule has 19 heavy (non-hydrogen) atoms. The lowest BCUT2D eigenvalue weighted by molar-refractivity contribution is -0.137. The Balaban J connectivity index is 2.95. The SMILES string of the molecule is CCCS(=O)(=O)c1ccc(C(CC)CC(=O)O)cc1. The first-order valence-corrected chi connectivity index (χ1v) is 8.10. The second-order valence-electron chi connectivity index (χ2n) is 4.59. The standard InChI is InChI=1S/C14H20O4S/c1-3-9-19(17,18)13-7-5-12(6-8-13)11(4-2)10-14(15)16/h5-8,11H,3-4,9-10H2,1-2H3,(H,15,16). The number of sulfone groups is 1. The molecule has 4 nitrogen and oxygen atoms in total. The predicted molar refractivity (Wildman–Crippen MR) is 74.1 cm³/mol. The molecule has 0 spiro atoms. The van der Waals surface area contributed by atoms with Crippen molar-refractivity contribution in [3.05, 3.63) is 29.8 Å². The molecule has 1 rings (SSSR count). The Hall–Kier alpha value is -1.36.